The van der Waals surface area contributed by atoms with Crippen LogP contribution in [0, 0.1) is 5.92 Å². The fourth-order valence-corrected chi connectivity index (χ4v) is 4.12. The molecule has 0 unspecified atom stereocenters. The summed E-state index contributed by atoms with van der Waals surface area (Å²) in [5, 5.41) is 3.04. The van der Waals surface area contributed by atoms with Gasteiger partial charge in [-0.2, -0.15) is 0 Å². The smallest absolute Gasteiger partial charge is 0.224 e. The van der Waals surface area contributed by atoms with Gasteiger partial charge >= 0.3 is 0 Å². The Hall–Kier alpha value is -2.49. The van der Waals surface area contributed by atoms with Gasteiger partial charge < -0.3 is 15.0 Å². The van der Waals surface area contributed by atoms with Gasteiger partial charge in [-0.15, -0.1) is 0 Å². The molecular formula is C22H26N2O2. The van der Waals surface area contributed by atoms with E-state index in [1.807, 2.05) is 18.2 Å². The number of hydrogen-bond donors (Lipinski definition) is 1. The van der Waals surface area contributed by atoms with Gasteiger partial charge in [-0.25, -0.2) is 0 Å². The highest BCUT2D eigenvalue weighted by Gasteiger charge is 2.20. The summed E-state index contributed by atoms with van der Waals surface area (Å²) in [7, 11) is 1.70. The lowest BCUT2D eigenvalue weighted by Crippen LogP contribution is -2.16. The van der Waals surface area contributed by atoms with E-state index >= 15 is 0 Å². The number of nitrogens with zero attached hydrogens (tertiary/aromatic N) is 1. The van der Waals surface area contributed by atoms with Crippen molar-refractivity contribution >= 4 is 17.3 Å². The number of methoxy groups -OCH3 is 1. The number of ether oxygens (including phenoxy) is 1. The SMILES string of the molecule is COc1ccc2c(c1)CN(c1ccc(NC(=O)CC3CCCC3)cc1)C2. The first-order valence-electron chi connectivity index (χ1n) is 9.52. The molecule has 26 heavy (non-hydrogen) atoms. The molecule has 136 valence electrons. The highest BCUT2D eigenvalue weighted by atomic mass is 16.5. The number of fused-ring (bicyclic) bond motifs is 1. The summed E-state index contributed by atoms with van der Waals surface area (Å²) in [6.45, 7) is 1.80. The topological polar surface area (TPSA) is 41.6 Å². The number of anilines is 2. The minimum absolute atomic E-state index is 0.144. The average Bonchev–Trinajstić information content (AvgIpc) is 3.30. The Balaban J connectivity index is 1.36. The van der Waals surface area contributed by atoms with Crippen LogP contribution >= 0.6 is 0 Å². The maximum atomic E-state index is 12.2. The van der Waals surface area contributed by atoms with Crippen LogP contribution < -0.4 is 15.0 Å². The van der Waals surface area contributed by atoms with E-state index in [1.165, 1.54) is 42.5 Å². The van der Waals surface area contributed by atoms with Crippen molar-refractivity contribution in [2.45, 2.75) is 45.2 Å². The van der Waals surface area contributed by atoms with Crippen LogP contribution in [0.1, 0.15) is 43.2 Å². The number of benzene rings is 2. The van der Waals surface area contributed by atoms with Crippen LogP contribution in [0.2, 0.25) is 0 Å². The molecule has 0 bridgehead atoms. The fraction of sp³-hybridized carbons (Fsp3) is 0.409. The van der Waals surface area contributed by atoms with E-state index in [4.69, 9.17) is 4.74 Å². The quantitative estimate of drug-likeness (QED) is 0.847. The first-order chi connectivity index (χ1) is 12.7. The van der Waals surface area contributed by atoms with Gasteiger partial charge in [0.1, 0.15) is 5.75 Å². The molecule has 2 aliphatic rings. The van der Waals surface area contributed by atoms with Crippen LogP contribution in [-0.2, 0) is 17.9 Å². The van der Waals surface area contributed by atoms with Gasteiger partial charge in [0.2, 0.25) is 5.91 Å². The first kappa shape index (κ1) is 17.0. The number of nitrogens with one attached hydrogen (secondary N) is 1. The molecule has 1 saturated carbocycles. The second kappa shape index (κ2) is 7.40. The predicted octanol–water partition coefficient (Wildman–Crippen LogP) is 4.73. The van der Waals surface area contributed by atoms with Gasteiger partial charge in [-0.05, 0) is 66.3 Å². The monoisotopic (exact) mass is 350 g/mol. The summed E-state index contributed by atoms with van der Waals surface area (Å²) in [4.78, 5) is 14.5. The third kappa shape index (κ3) is 3.69. The summed E-state index contributed by atoms with van der Waals surface area (Å²) in [5.41, 5.74) is 4.72. The number of hydrogen-bond acceptors (Lipinski definition) is 3. The summed E-state index contributed by atoms with van der Waals surface area (Å²) in [5.74, 6) is 1.63. The lowest BCUT2D eigenvalue weighted by molar-refractivity contribution is -0.117. The normalized spacial score (nSPS) is 16.6. The summed E-state index contributed by atoms with van der Waals surface area (Å²) >= 11 is 0. The van der Waals surface area contributed by atoms with Gasteiger partial charge in [0.25, 0.3) is 0 Å². The zero-order valence-corrected chi connectivity index (χ0v) is 15.3. The minimum Gasteiger partial charge on any atom is -0.497 e. The first-order valence-corrected chi connectivity index (χ1v) is 9.52. The maximum absolute atomic E-state index is 12.2. The Morgan fingerprint density at radius 3 is 2.54 bits per heavy atom. The van der Waals surface area contributed by atoms with Crippen LogP contribution in [0.25, 0.3) is 0 Å². The van der Waals surface area contributed by atoms with Crippen molar-refractivity contribution in [3.05, 3.63) is 53.6 Å². The van der Waals surface area contributed by atoms with E-state index in [1.54, 1.807) is 7.11 Å². The second-order valence-corrected chi connectivity index (χ2v) is 7.44. The molecule has 0 atom stereocenters. The van der Waals surface area contributed by atoms with Crippen molar-refractivity contribution in [2.24, 2.45) is 5.92 Å². The summed E-state index contributed by atoms with van der Waals surface area (Å²) in [6.07, 6.45) is 5.61. The molecule has 1 aliphatic heterocycles. The van der Waals surface area contributed by atoms with Crippen LogP contribution in [0.4, 0.5) is 11.4 Å². The molecule has 1 aliphatic carbocycles. The summed E-state index contributed by atoms with van der Waals surface area (Å²) in [6, 6.07) is 14.5. The molecule has 0 spiro atoms. The molecule has 1 amide bonds. The molecule has 1 heterocycles. The zero-order valence-electron chi connectivity index (χ0n) is 15.3. The molecule has 0 saturated heterocycles. The van der Waals surface area contributed by atoms with Crippen molar-refractivity contribution in [2.75, 3.05) is 17.3 Å². The highest BCUT2D eigenvalue weighted by Crippen LogP contribution is 2.31. The van der Waals surface area contributed by atoms with E-state index in [0.717, 1.165) is 24.5 Å². The molecule has 4 heteroatoms. The molecule has 1 fully saturated rings. The molecule has 2 aromatic carbocycles. The summed E-state index contributed by atoms with van der Waals surface area (Å²) < 4.78 is 5.32. The Labute approximate surface area is 155 Å². The molecule has 1 N–H and O–H groups in total. The third-order valence-electron chi connectivity index (χ3n) is 5.60. The van der Waals surface area contributed by atoms with Gasteiger partial charge in [0, 0.05) is 30.9 Å². The maximum Gasteiger partial charge on any atom is 0.224 e. The molecular weight excluding hydrogens is 324 g/mol. The van der Waals surface area contributed by atoms with Gasteiger partial charge in [0.05, 0.1) is 7.11 Å². The van der Waals surface area contributed by atoms with Crippen molar-refractivity contribution in [1.29, 1.82) is 0 Å². The number of carbonyl (C=O) groups excluding carboxylic acids is 1. The Morgan fingerprint density at radius 1 is 1.08 bits per heavy atom. The van der Waals surface area contributed by atoms with Crippen molar-refractivity contribution < 1.29 is 9.53 Å². The van der Waals surface area contributed by atoms with E-state index in [9.17, 15) is 4.79 Å². The molecule has 4 rings (SSSR count). The lowest BCUT2D eigenvalue weighted by atomic mass is 10.0. The minimum atomic E-state index is 0.144. The van der Waals surface area contributed by atoms with Gasteiger partial charge in [0.15, 0.2) is 0 Å². The van der Waals surface area contributed by atoms with Gasteiger partial charge in [-0.1, -0.05) is 18.9 Å². The predicted molar refractivity (Wildman–Crippen MR) is 105 cm³/mol. The Bertz CT molecular complexity index is 779. The Kier molecular flexibility index (Phi) is 4.83. The van der Waals surface area contributed by atoms with E-state index in [0.29, 0.717) is 12.3 Å². The van der Waals surface area contributed by atoms with Gasteiger partial charge in [-0.3, -0.25) is 4.79 Å². The number of amides is 1. The number of carbonyl (C=O) groups is 1. The molecule has 2 aromatic rings. The fourth-order valence-electron chi connectivity index (χ4n) is 4.12. The Morgan fingerprint density at radius 2 is 1.81 bits per heavy atom. The molecule has 0 radical (unpaired) electrons. The number of rotatable bonds is 5. The highest BCUT2D eigenvalue weighted by molar-refractivity contribution is 5.91. The van der Waals surface area contributed by atoms with Crippen molar-refractivity contribution in [1.82, 2.24) is 0 Å². The standard InChI is InChI=1S/C22H26N2O2/c1-26-21-11-6-17-14-24(15-18(17)13-21)20-9-7-19(8-10-20)23-22(25)12-16-4-2-3-5-16/h6-11,13,16H,2-5,12,14-15H2,1H3,(H,23,25). The van der Waals surface area contributed by atoms with E-state index in [2.05, 4.69) is 34.5 Å². The van der Waals surface area contributed by atoms with E-state index < -0.39 is 0 Å². The molecule has 4 nitrogen and oxygen atoms in total. The third-order valence-corrected chi connectivity index (χ3v) is 5.60. The van der Waals surface area contributed by atoms with Crippen LogP contribution in [-0.4, -0.2) is 13.0 Å². The van der Waals surface area contributed by atoms with Crippen LogP contribution in [0.3, 0.4) is 0 Å². The van der Waals surface area contributed by atoms with Crippen LogP contribution in [0.15, 0.2) is 42.5 Å². The zero-order chi connectivity index (χ0) is 17.9. The van der Waals surface area contributed by atoms with Crippen LogP contribution in [0.5, 0.6) is 5.75 Å². The lowest BCUT2D eigenvalue weighted by Gasteiger charge is -2.18. The molecule has 0 aromatic heterocycles. The average molecular weight is 350 g/mol. The second-order valence-electron chi connectivity index (χ2n) is 7.44. The van der Waals surface area contributed by atoms with Crippen molar-refractivity contribution in [3.63, 3.8) is 0 Å². The van der Waals surface area contributed by atoms with E-state index in [-0.39, 0.29) is 5.91 Å². The van der Waals surface area contributed by atoms with Crippen molar-refractivity contribution in [3.8, 4) is 5.75 Å². The largest absolute Gasteiger partial charge is 0.497 e.